The number of amides is 2. The normalized spacial score (nSPS) is 15.1. The standard InChI is InChI=1S/C24H17Cl2N3O4S/c1-12-9-15(13(2)28(12)19-8-4-7-18(25)20(19)26)11-17-21(30)27-24(34)29(22(17)31)16-6-3-5-14(10-16)23(32)33/h3-11H,1-2H3,(H,32,33)(H,27,30,34). The lowest BCUT2D eigenvalue weighted by Gasteiger charge is -2.29. The molecule has 0 bridgehead atoms. The first-order chi connectivity index (χ1) is 16.1. The van der Waals surface area contributed by atoms with Gasteiger partial charge in [-0.05, 0) is 74.1 Å². The molecule has 0 unspecified atom stereocenters. The molecular formula is C24H17Cl2N3O4S. The highest BCUT2D eigenvalue weighted by atomic mass is 35.5. The molecule has 2 amide bonds. The van der Waals surface area contributed by atoms with Crippen molar-refractivity contribution in [2.24, 2.45) is 0 Å². The van der Waals surface area contributed by atoms with E-state index in [4.69, 9.17) is 35.4 Å². The molecule has 2 N–H and O–H groups in total. The summed E-state index contributed by atoms with van der Waals surface area (Å²) >= 11 is 17.8. The lowest BCUT2D eigenvalue weighted by atomic mass is 10.1. The minimum absolute atomic E-state index is 0.0162. The molecule has 0 spiro atoms. The zero-order valence-corrected chi connectivity index (χ0v) is 20.3. The van der Waals surface area contributed by atoms with Crippen molar-refractivity contribution in [1.82, 2.24) is 9.88 Å². The Balaban J connectivity index is 1.79. The molecule has 1 aliphatic heterocycles. The van der Waals surface area contributed by atoms with Crippen LogP contribution in [-0.2, 0) is 9.59 Å². The SMILES string of the molecule is Cc1cc(C=C2C(=O)NC(=S)N(c3cccc(C(=O)O)c3)C2=O)c(C)n1-c1cccc(Cl)c1Cl. The maximum Gasteiger partial charge on any atom is 0.335 e. The van der Waals surface area contributed by atoms with E-state index in [1.54, 1.807) is 18.2 Å². The molecule has 2 aromatic carbocycles. The van der Waals surface area contributed by atoms with Gasteiger partial charge in [0, 0.05) is 11.4 Å². The first kappa shape index (κ1) is 23.7. The van der Waals surface area contributed by atoms with Crippen LogP contribution in [0.1, 0.15) is 27.3 Å². The van der Waals surface area contributed by atoms with Crippen molar-refractivity contribution >= 4 is 70.1 Å². The Morgan fingerprint density at radius 2 is 1.79 bits per heavy atom. The van der Waals surface area contributed by atoms with Gasteiger partial charge in [-0.25, -0.2) is 4.79 Å². The molecule has 1 fully saturated rings. The van der Waals surface area contributed by atoms with E-state index in [0.29, 0.717) is 21.3 Å². The fourth-order valence-electron chi connectivity index (χ4n) is 3.80. The quantitative estimate of drug-likeness (QED) is 0.293. The summed E-state index contributed by atoms with van der Waals surface area (Å²) in [6.45, 7) is 3.70. The Kier molecular flexibility index (Phi) is 6.31. The van der Waals surface area contributed by atoms with Crippen LogP contribution in [0.15, 0.2) is 54.1 Å². The molecule has 7 nitrogen and oxygen atoms in total. The summed E-state index contributed by atoms with van der Waals surface area (Å²) in [6, 6.07) is 12.9. The Morgan fingerprint density at radius 3 is 2.50 bits per heavy atom. The third kappa shape index (κ3) is 4.11. The number of hydrogen-bond donors (Lipinski definition) is 2. The number of carbonyl (C=O) groups excluding carboxylic acids is 2. The number of halogens is 2. The van der Waals surface area contributed by atoms with E-state index in [1.165, 1.54) is 24.3 Å². The first-order valence-corrected chi connectivity index (χ1v) is 11.1. The fourth-order valence-corrected chi connectivity index (χ4v) is 4.46. The smallest absolute Gasteiger partial charge is 0.335 e. The summed E-state index contributed by atoms with van der Waals surface area (Å²) in [4.78, 5) is 38.5. The largest absolute Gasteiger partial charge is 0.478 e. The molecule has 1 aliphatic rings. The number of rotatable bonds is 4. The molecule has 172 valence electrons. The van der Waals surface area contributed by atoms with Crippen molar-refractivity contribution in [3.8, 4) is 5.69 Å². The van der Waals surface area contributed by atoms with Gasteiger partial charge < -0.3 is 9.67 Å². The summed E-state index contributed by atoms with van der Waals surface area (Å²) in [5.74, 6) is -2.46. The second-order valence-corrected chi connectivity index (χ2v) is 8.72. The second-order valence-electron chi connectivity index (χ2n) is 7.55. The number of hydrogen-bond acceptors (Lipinski definition) is 4. The topological polar surface area (TPSA) is 91.6 Å². The van der Waals surface area contributed by atoms with Crippen LogP contribution < -0.4 is 10.2 Å². The van der Waals surface area contributed by atoms with Gasteiger partial charge in [0.15, 0.2) is 5.11 Å². The van der Waals surface area contributed by atoms with E-state index in [9.17, 15) is 19.5 Å². The predicted molar refractivity (Wildman–Crippen MR) is 135 cm³/mol. The van der Waals surface area contributed by atoms with Crippen LogP contribution in [0, 0.1) is 13.8 Å². The molecule has 10 heteroatoms. The average Bonchev–Trinajstić information content (AvgIpc) is 3.06. The molecule has 0 aliphatic carbocycles. The van der Waals surface area contributed by atoms with Crippen molar-refractivity contribution in [1.29, 1.82) is 0 Å². The highest BCUT2D eigenvalue weighted by Gasteiger charge is 2.35. The van der Waals surface area contributed by atoms with E-state index in [1.807, 2.05) is 30.5 Å². The first-order valence-electron chi connectivity index (χ1n) is 9.98. The average molecular weight is 514 g/mol. The highest BCUT2D eigenvalue weighted by Crippen LogP contribution is 2.32. The van der Waals surface area contributed by atoms with Crippen LogP contribution in [0.2, 0.25) is 10.0 Å². The molecule has 0 saturated carbocycles. The molecule has 1 aromatic heterocycles. The minimum atomic E-state index is -1.15. The van der Waals surface area contributed by atoms with Crippen molar-refractivity contribution < 1.29 is 19.5 Å². The van der Waals surface area contributed by atoms with Gasteiger partial charge in [0.05, 0.1) is 27.0 Å². The summed E-state index contributed by atoms with van der Waals surface area (Å²) in [6.07, 6.45) is 1.48. The number of carbonyl (C=O) groups is 3. The highest BCUT2D eigenvalue weighted by molar-refractivity contribution is 7.80. The molecule has 0 radical (unpaired) electrons. The van der Waals surface area contributed by atoms with Gasteiger partial charge in [0.2, 0.25) is 0 Å². The number of carboxylic acid groups (broad SMARTS) is 1. The minimum Gasteiger partial charge on any atom is -0.478 e. The van der Waals surface area contributed by atoms with Crippen molar-refractivity contribution in [3.63, 3.8) is 0 Å². The van der Waals surface area contributed by atoms with Gasteiger partial charge in [-0.2, -0.15) is 0 Å². The van der Waals surface area contributed by atoms with E-state index in [0.717, 1.165) is 16.3 Å². The maximum absolute atomic E-state index is 13.3. The third-order valence-corrected chi connectivity index (χ3v) is 6.49. The van der Waals surface area contributed by atoms with Crippen molar-refractivity contribution in [2.45, 2.75) is 13.8 Å². The fraction of sp³-hybridized carbons (Fsp3) is 0.0833. The monoisotopic (exact) mass is 513 g/mol. The lowest BCUT2D eigenvalue weighted by Crippen LogP contribution is -2.54. The Labute approximate surface area is 210 Å². The van der Waals surface area contributed by atoms with E-state index >= 15 is 0 Å². The van der Waals surface area contributed by atoms with Crippen LogP contribution in [0.3, 0.4) is 0 Å². The molecule has 34 heavy (non-hydrogen) atoms. The number of thiocarbonyl (C=S) groups is 1. The second kappa shape index (κ2) is 9.06. The van der Waals surface area contributed by atoms with Crippen LogP contribution in [-0.4, -0.2) is 32.6 Å². The number of aromatic nitrogens is 1. The van der Waals surface area contributed by atoms with Gasteiger partial charge >= 0.3 is 5.97 Å². The van der Waals surface area contributed by atoms with Gasteiger partial charge in [-0.1, -0.05) is 35.3 Å². The third-order valence-electron chi connectivity index (χ3n) is 5.40. The Bertz CT molecular complexity index is 1430. The van der Waals surface area contributed by atoms with E-state index in [2.05, 4.69) is 5.32 Å². The molecule has 0 atom stereocenters. The van der Waals surface area contributed by atoms with Gasteiger partial charge in [-0.15, -0.1) is 0 Å². The van der Waals surface area contributed by atoms with Gasteiger partial charge in [0.1, 0.15) is 5.57 Å². The number of nitrogens with one attached hydrogen (secondary N) is 1. The molecule has 3 aromatic rings. The summed E-state index contributed by atoms with van der Waals surface area (Å²) in [5.41, 5.74) is 2.92. The van der Waals surface area contributed by atoms with Crippen LogP contribution in [0.4, 0.5) is 5.69 Å². The number of benzene rings is 2. The molecule has 2 heterocycles. The van der Waals surface area contributed by atoms with E-state index < -0.39 is 17.8 Å². The number of carboxylic acids is 1. The van der Waals surface area contributed by atoms with Crippen LogP contribution in [0.25, 0.3) is 11.8 Å². The van der Waals surface area contributed by atoms with Gasteiger partial charge in [-0.3, -0.25) is 19.8 Å². The van der Waals surface area contributed by atoms with Crippen molar-refractivity contribution in [3.05, 3.63) is 86.7 Å². The van der Waals surface area contributed by atoms with Gasteiger partial charge in [0.25, 0.3) is 11.8 Å². The van der Waals surface area contributed by atoms with Crippen molar-refractivity contribution in [2.75, 3.05) is 4.90 Å². The zero-order chi connectivity index (χ0) is 24.7. The number of aromatic carboxylic acids is 1. The van der Waals surface area contributed by atoms with E-state index in [-0.39, 0.29) is 21.9 Å². The van der Waals surface area contributed by atoms with Crippen LogP contribution in [0.5, 0.6) is 0 Å². The molecule has 1 saturated heterocycles. The number of nitrogens with zero attached hydrogens (tertiary/aromatic N) is 2. The summed E-state index contributed by atoms with van der Waals surface area (Å²) < 4.78 is 1.88. The number of anilines is 1. The zero-order valence-electron chi connectivity index (χ0n) is 17.9. The molecular weight excluding hydrogens is 497 g/mol. The predicted octanol–water partition coefficient (Wildman–Crippen LogP) is 4.93. The Hall–Kier alpha value is -3.46. The Morgan fingerprint density at radius 1 is 1.09 bits per heavy atom. The number of aryl methyl sites for hydroxylation is 1. The summed E-state index contributed by atoms with van der Waals surface area (Å²) in [5, 5.41) is 12.4. The maximum atomic E-state index is 13.3. The lowest BCUT2D eigenvalue weighted by molar-refractivity contribution is -0.122. The summed E-state index contributed by atoms with van der Waals surface area (Å²) in [7, 11) is 0. The molecule has 4 rings (SSSR count). The van der Waals surface area contributed by atoms with Crippen LogP contribution >= 0.6 is 35.4 Å².